The fraction of sp³-hybridized carbons (Fsp3) is 0.385. The van der Waals surface area contributed by atoms with Gasteiger partial charge >= 0.3 is 0 Å². The zero-order valence-electron chi connectivity index (χ0n) is 11.4. The van der Waals surface area contributed by atoms with Crippen molar-refractivity contribution in [3.8, 4) is 0 Å². The third kappa shape index (κ3) is 3.22. The van der Waals surface area contributed by atoms with Crippen molar-refractivity contribution in [3.63, 3.8) is 0 Å². The van der Waals surface area contributed by atoms with Crippen LogP contribution >= 0.6 is 0 Å². The van der Waals surface area contributed by atoms with Gasteiger partial charge < -0.3 is 10.4 Å². The zero-order chi connectivity index (χ0) is 15.6. The summed E-state index contributed by atoms with van der Waals surface area (Å²) in [5.41, 5.74) is 0.548. The Morgan fingerprint density at radius 3 is 2.48 bits per heavy atom. The van der Waals surface area contributed by atoms with Gasteiger partial charge in [-0.3, -0.25) is 9.59 Å². The molecule has 0 aromatic heterocycles. The Bertz CT molecular complexity index is 654. The van der Waals surface area contributed by atoms with Crippen molar-refractivity contribution in [2.75, 3.05) is 16.7 Å². The number of aliphatic hydroxyl groups is 1. The molecule has 2 rings (SSSR count). The Morgan fingerprint density at radius 2 is 2.00 bits per heavy atom. The predicted octanol–water partition coefficient (Wildman–Crippen LogP) is -0.136. The van der Waals surface area contributed by atoms with E-state index >= 15 is 0 Å². The molecule has 0 saturated carbocycles. The van der Waals surface area contributed by atoms with Crippen molar-refractivity contribution in [3.05, 3.63) is 29.8 Å². The monoisotopic (exact) mass is 312 g/mol. The SMILES string of the molecule is C[C@@H](CO)NC(=O)c1ccc(N2C(=O)CCS2(=O)=O)cc1. The molecule has 2 N–H and O–H groups in total. The van der Waals surface area contributed by atoms with Gasteiger partial charge in [0.1, 0.15) is 0 Å². The molecule has 1 saturated heterocycles. The fourth-order valence-electron chi connectivity index (χ4n) is 1.97. The molecule has 1 aromatic carbocycles. The number of nitrogens with one attached hydrogen (secondary N) is 1. The van der Waals surface area contributed by atoms with Gasteiger partial charge in [-0.15, -0.1) is 0 Å². The highest BCUT2D eigenvalue weighted by Gasteiger charge is 2.36. The van der Waals surface area contributed by atoms with Crippen LogP contribution in [0.2, 0.25) is 0 Å². The van der Waals surface area contributed by atoms with Crippen molar-refractivity contribution in [1.29, 1.82) is 0 Å². The first kappa shape index (κ1) is 15.5. The van der Waals surface area contributed by atoms with Gasteiger partial charge in [-0.05, 0) is 31.2 Å². The topological polar surface area (TPSA) is 104 Å². The van der Waals surface area contributed by atoms with Crippen LogP contribution in [-0.4, -0.2) is 43.7 Å². The Kier molecular flexibility index (Phi) is 4.29. The van der Waals surface area contributed by atoms with Crippen molar-refractivity contribution < 1.29 is 23.1 Å². The van der Waals surface area contributed by atoms with Crippen molar-refractivity contribution >= 4 is 27.5 Å². The number of hydrogen-bond donors (Lipinski definition) is 2. The average Bonchev–Trinajstić information content (AvgIpc) is 2.72. The van der Waals surface area contributed by atoms with Crippen LogP contribution in [0, 0.1) is 0 Å². The van der Waals surface area contributed by atoms with E-state index in [4.69, 9.17) is 5.11 Å². The number of hydrogen-bond acceptors (Lipinski definition) is 5. The van der Waals surface area contributed by atoms with Crippen LogP contribution in [0.1, 0.15) is 23.7 Å². The molecule has 2 amide bonds. The van der Waals surface area contributed by atoms with Crippen LogP contribution in [0.4, 0.5) is 5.69 Å². The van der Waals surface area contributed by atoms with Crippen LogP contribution in [0.5, 0.6) is 0 Å². The number of benzene rings is 1. The molecular formula is C13H16N2O5S. The summed E-state index contributed by atoms with van der Waals surface area (Å²) in [7, 11) is -3.60. The lowest BCUT2D eigenvalue weighted by Gasteiger charge is -2.15. The maximum absolute atomic E-state index is 11.8. The number of aliphatic hydroxyl groups excluding tert-OH is 1. The maximum Gasteiger partial charge on any atom is 0.251 e. The Hall–Kier alpha value is -1.93. The normalized spacial score (nSPS) is 18.6. The number of amides is 2. The summed E-state index contributed by atoms with van der Waals surface area (Å²) >= 11 is 0. The molecule has 0 bridgehead atoms. The number of carbonyl (C=O) groups is 2. The molecule has 0 aliphatic carbocycles. The highest BCUT2D eigenvalue weighted by atomic mass is 32.2. The molecule has 21 heavy (non-hydrogen) atoms. The van der Waals surface area contributed by atoms with Crippen LogP contribution in [0.3, 0.4) is 0 Å². The second-order valence-electron chi connectivity index (χ2n) is 4.83. The Labute approximate surface area is 122 Å². The van der Waals surface area contributed by atoms with Gasteiger partial charge in [-0.1, -0.05) is 0 Å². The summed E-state index contributed by atoms with van der Waals surface area (Å²) in [4.78, 5) is 23.5. The Balaban J connectivity index is 2.20. The smallest absolute Gasteiger partial charge is 0.251 e. The second kappa shape index (κ2) is 5.82. The lowest BCUT2D eigenvalue weighted by molar-refractivity contribution is -0.116. The van der Waals surface area contributed by atoms with E-state index in [-0.39, 0.29) is 36.4 Å². The van der Waals surface area contributed by atoms with Gasteiger partial charge in [0.05, 0.1) is 18.0 Å². The largest absolute Gasteiger partial charge is 0.394 e. The number of rotatable bonds is 4. The molecule has 114 valence electrons. The minimum absolute atomic E-state index is 0.0292. The summed E-state index contributed by atoms with van der Waals surface area (Å²) in [6.07, 6.45) is -0.0292. The lowest BCUT2D eigenvalue weighted by atomic mass is 10.2. The van der Waals surface area contributed by atoms with Crippen LogP contribution in [-0.2, 0) is 14.8 Å². The quantitative estimate of drug-likeness (QED) is 0.805. The number of carbonyl (C=O) groups excluding carboxylic acids is 2. The second-order valence-corrected chi connectivity index (χ2v) is 6.77. The molecule has 1 atom stereocenters. The van der Waals surface area contributed by atoms with E-state index in [9.17, 15) is 18.0 Å². The summed E-state index contributed by atoms with van der Waals surface area (Å²) in [6, 6.07) is 5.34. The van der Waals surface area contributed by atoms with E-state index in [1.807, 2.05) is 0 Å². The Morgan fingerprint density at radius 1 is 1.38 bits per heavy atom. The van der Waals surface area contributed by atoms with E-state index < -0.39 is 15.9 Å². The predicted molar refractivity (Wildman–Crippen MR) is 76.3 cm³/mol. The van der Waals surface area contributed by atoms with Crippen molar-refractivity contribution in [1.82, 2.24) is 5.32 Å². The summed E-state index contributed by atoms with van der Waals surface area (Å²) in [5, 5.41) is 11.5. The molecule has 7 nitrogen and oxygen atoms in total. The van der Waals surface area contributed by atoms with Crippen molar-refractivity contribution in [2.24, 2.45) is 0 Å². The lowest BCUT2D eigenvalue weighted by Crippen LogP contribution is -2.35. The number of anilines is 1. The van der Waals surface area contributed by atoms with Crippen molar-refractivity contribution in [2.45, 2.75) is 19.4 Å². The molecule has 1 aliphatic heterocycles. The maximum atomic E-state index is 11.8. The van der Waals surface area contributed by atoms with Gasteiger partial charge in [0, 0.05) is 18.0 Å². The van der Waals surface area contributed by atoms with Gasteiger partial charge in [0.25, 0.3) is 5.91 Å². The molecule has 1 aliphatic rings. The van der Waals surface area contributed by atoms with Gasteiger partial charge in [-0.25, -0.2) is 12.7 Å². The van der Waals surface area contributed by atoms with Crippen LogP contribution < -0.4 is 9.62 Å². The minimum Gasteiger partial charge on any atom is -0.394 e. The molecule has 0 unspecified atom stereocenters. The average molecular weight is 312 g/mol. The van der Waals surface area contributed by atoms with Crippen LogP contribution in [0.15, 0.2) is 24.3 Å². The highest BCUT2D eigenvalue weighted by Crippen LogP contribution is 2.25. The molecule has 0 spiro atoms. The molecular weight excluding hydrogens is 296 g/mol. The fourth-order valence-corrected chi connectivity index (χ4v) is 3.43. The zero-order valence-corrected chi connectivity index (χ0v) is 12.3. The van der Waals surface area contributed by atoms with E-state index in [0.717, 1.165) is 4.31 Å². The van der Waals surface area contributed by atoms with Gasteiger partial charge in [0.2, 0.25) is 15.9 Å². The third-order valence-corrected chi connectivity index (χ3v) is 4.78. The van der Waals surface area contributed by atoms with E-state index in [1.165, 1.54) is 24.3 Å². The molecule has 0 radical (unpaired) electrons. The van der Waals surface area contributed by atoms with E-state index in [0.29, 0.717) is 5.56 Å². The summed E-state index contributed by atoms with van der Waals surface area (Å²) in [6.45, 7) is 1.48. The summed E-state index contributed by atoms with van der Waals surface area (Å²) in [5.74, 6) is -1.04. The third-order valence-electron chi connectivity index (χ3n) is 3.09. The number of nitrogens with zero attached hydrogens (tertiary/aromatic N) is 1. The van der Waals surface area contributed by atoms with E-state index in [1.54, 1.807) is 6.92 Å². The first-order chi connectivity index (χ1) is 9.85. The van der Waals surface area contributed by atoms with Gasteiger partial charge in [-0.2, -0.15) is 0 Å². The first-order valence-corrected chi connectivity index (χ1v) is 8.03. The minimum atomic E-state index is -3.60. The van der Waals surface area contributed by atoms with Crippen LogP contribution in [0.25, 0.3) is 0 Å². The van der Waals surface area contributed by atoms with E-state index in [2.05, 4.69) is 5.32 Å². The highest BCUT2D eigenvalue weighted by molar-refractivity contribution is 7.94. The first-order valence-electron chi connectivity index (χ1n) is 6.43. The summed E-state index contributed by atoms with van der Waals surface area (Å²) < 4.78 is 24.3. The molecule has 1 fully saturated rings. The van der Waals surface area contributed by atoms with Gasteiger partial charge in [0.15, 0.2) is 0 Å². The standard InChI is InChI=1S/C13H16N2O5S/c1-9(8-16)14-13(18)10-2-4-11(5-3-10)15-12(17)6-7-21(15,19)20/h2-5,9,16H,6-8H2,1H3,(H,14,18)/t9-/m0/s1. The molecule has 8 heteroatoms. The molecule has 1 heterocycles. The number of sulfonamides is 1. The molecule has 1 aromatic rings.